The lowest BCUT2D eigenvalue weighted by Crippen LogP contribution is -2.46. The second-order valence-corrected chi connectivity index (χ2v) is 7.97. The summed E-state index contributed by atoms with van der Waals surface area (Å²) in [7, 11) is 0. The number of hydrogen-bond donors (Lipinski definition) is 1. The minimum atomic E-state index is 0.476. The highest BCUT2D eigenvalue weighted by molar-refractivity contribution is 4.86. The molecule has 0 amide bonds. The van der Waals surface area contributed by atoms with E-state index < -0.39 is 0 Å². The third-order valence-electron chi connectivity index (χ3n) is 6.09. The van der Waals surface area contributed by atoms with Crippen molar-refractivity contribution in [1.82, 2.24) is 4.90 Å². The first-order valence-electron chi connectivity index (χ1n) is 9.63. The smallest absolute Gasteiger partial charge is 0.00993 e. The Hall–Kier alpha value is -0.0800. The average molecular weight is 295 g/mol. The fourth-order valence-electron chi connectivity index (χ4n) is 4.66. The van der Waals surface area contributed by atoms with Crippen molar-refractivity contribution < 1.29 is 0 Å². The SMILES string of the molecule is CCCN(C1CCC(N)CC1)C1CCCC(C(C)C)CC1. The summed E-state index contributed by atoms with van der Waals surface area (Å²) in [4.78, 5) is 2.90. The maximum Gasteiger partial charge on any atom is 0.00993 e. The Morgan fingerprint density at radius 1 is 0.905 bits per heavy atom. The topological polar surface area (TPSA) is 29.3 Å². The zero-order valence-corrected chi connectivity index (χ0v) is 14.7. The lowest BCUT2D eigenvalue weighted by Gasteiger charge is -2.41. The lowest BCUT2D eigenvalue weighted by atomic mass is 9.88. The van der Waals surface area contributed by atoms with Crippen LogP contribution in [0.5, 0.6) is 0 Å². The van der Waals surface area contributed by atoms with Gasteiger partial charge in [-0.2, -0.15) is 0 Å². The molecule has 2 atom stereocenters. The van der Waals surface area contributed by atoms with Gasteiger partial charge < -0.3 is 5.73 Å². The van der Waals surface area contributed by atoms with Crippen molar-refractivity contribution in [2.45, 2.75) is 103 Å². The zero-order valence-electron chi connectivity index (χ0n) is 14.7. The molecular formula is C19H38N2. The summed E-state index contributed by atoms with van der Waals surface area (Å²) in [6.45, 7) is 8.47. The van der Waals surface area contributed by atoms with Crippen LogP contribution in [0.3, 0.4) is 0 Å². The van der Waals surface area contributed by atoms with Gasteiger partial charge in [-0.15, -0.1) is 0 Å². The zero-order chi connectivity index (χ0) is 15.2. The molecule has 0 radical (unpaired) electrons. The van der Waals surface area contributed by atoms with Crippen LogP contribution in [0.4, 0.5) is 0 Å². The molecule has 2 unspecified atom stereocenters. The fourth-order valence-corrected chi connectivity index (χ4v) is 4.66. The summed E-state index contributed by atoms with van der Waals surface area (Å²) in [5.74, 6) is 1.84. The summed E-state index contributed by atoms with van der Waals surface area (Å²) in [5, 5.41) is 0. The monoisotopic (exact) mass is 294 g/mol. The van der Waals surface area contributed by atoms with Crippen molar-refractivity contribution in [1.29, 1.82) is 0 Å². The molecule has 2 aliphatic carbocycles. The first-order valence-corrected chi connectivity index (χ1v) is 9.63. The van der Waals surface area contributed by atoms with Crippen molar-refractivity contribution in [2.75, 3.05) is 6.54 Å². The molecule has 2 rings (SSSR count). The van der Waals surface area contributed by atoms with Gasteiger partial charge in [0, 0.05) is 18.1 Å². The molecule has 0 bridgehead atoms. The summed E-state index contributed by atoms with van der Waals surface area (Å²) in [6.07, 6.45) is 13.7. The van der Waals surface area contributed by atoms with Crippen LogP contribution in [-0.4, -0.2) is 29.6 Å². The predicted octanol–water partition coefficient (Wildman–Crippen LogP) is 4.57. The van der Waals surface area contributed by atoms with Gasteiger partial charge in [-0.3, -0.25) is 4.90 Å². The van der Waals surface area contributed by atoms with Crippen LogP contribution < -0.4 is 5.73 Å². The molecule has 0 aromatic rings. The Bertz CT molecular complexity index is 281. The van der Waals surface area contributed by atoms with Crippen LogP contribution in [0.15, 0.2) is 0 Å². The molecule has 0 heterocycles. The third kappa shape index (κ3) is 4.96. The fraction of sp³-hybridized carbons (Fsp3) is 1.00. The molecule has 0 aromatic carbocycles. The molecule has 0 aromatic heterocycles. The molecule has 124 valence electrons. The molecule has 2 fully saturated rings. The van der Waals surface area contributed by atoms with Gasteiger partial charge in [0.2, 0.25) is 0 Å². The van der Waals surface area contributed by atoms with Gasteiger partial charge in [-0.25, -0.2) is 0 Å². The molecule has 0 aliphatic heterocycles. The van der Waals surface area contributed by atoms with E-state index in [-0.39, 0.29) is 0 Å². The van der Waals surface area contributed by atoms with E-state index >= 15 is 0 Å². The van der Waals surface area contributed by atoms with Gasteiger partial charge in [0.05, 0.1) is 0 Å². The van der Waals surface area contributed by atoms with Gasteiger partial charge in [-0.1, -0.05) is 33.6 Å². The second-order valence-electron chi connectivity index (χ2n) is 7.97. The first-order chi connectivity index (χ1) is 10.1. The Balaban J connectivity index is 1.94. The largest absolute Gasteiger partial charge is 0.328 e. The molecule has 2 heteroatoms. The van der Waals surface area contributed by atoms with Gasteiger partial charge in [0.25, 0.3) is 0 Å². The molecule has 2 saturated carbocycles. The van der Waals surface area contributed by atoms with Gasteiger partial charge in [-0.05, 0) is 69.7 Å². The van der Waals surface area contributed by atoms with Crippen molar-refractivity contribution >= 4 is 0 Å². The van der Waals surface area contributed by atoms with Gasteiger partial charge >= 0.3 is 0 Å². The average Bonchev–Trinajstić information content (AvgIpc) is 2.72. The lowest BCUT2D eigenvalue weighted by molar-refractivity contribution is 0.0891. The standard InChI is InChI=1S/C19H38N2/c1-4-14-21(19-12-9-17(20)10-13-19)18-7-5-6-16(8-11-18)15(2)3/h15-19H,4-14,20H2,1-3H3. The quantitative estimate of drug-likeness (QED) is 0.752. The normalized spacial score (nSPS) is 35.1. The van der Waals surface area contributed by atoms with Crippen LogP contribution in [0, 0.1) is 11.8 Å². The highest BCUT2D eigenvalue weighted by Crippen LogP contribution is 2.33. The molecule has 2 N–H and O–H groups in total. The number of hydrogen-bond acceptors (Lipinski definition) is 2. The van der Waals surface area contributed by atoms with E-state index in [1.165, 1.54) is 70.8 Å². The van der Waals surface area contributed by atoms with Crippen molar-refractivity contribution in [3.63, 3.8) is 0 Å². The molecule has 0 spiro atoms. The van der Waals surface area contributed by atoms with E-state index in [1.54, 1.807) is 0 Å². The van der Waals surface area contributed by atoms with E-state index in [4.69, 9.17) is 5.73 Å². The summed E-state index contributed by atoms with van der Waals surface area (Å²) in [6, 6.07) is 2.16. The Kier molecular flexibility index (Phi) is 7.01. The van der Waals surface area contributed by atoms with E-state index in [9.17, 15) is 0 Å². The maximum atomic E-state index is 6.11. The van der Waals surface area contributed by atoms with Crippen molar-refractivity contribution in [2.24, 2.45) is 17.6 Å². The second kappa shape index (κ2) is 8.53. The first kappa shape index (κ1) is 17.3. The maximum absolute atomic E-state index is 6.11. The Labute approximate surface area is 132 Å². The molecule has 0 saturated heterocycles. The Morgan fingerprint density at radius 3 is 2.14 bits per heavy atom. The summed E-state index contributed by atoms with van der Waals surface area (Å²) in [5.41, 5.74) is 6.11. The van der Waals surface area contributed by atoms with E-state index in [0.29, 0.717) is 6.04 Å². The van der Waals surface area contributed by atoms with Crippen LogP contribution >= 0.6 is 0 Å². The molecule has 2 aliphatic rings. The third-order valence-corrected chi connectivity index (χ3v) is 6.09. The summed E-state index contributed by atoms with van der Waals surface area (Å²) < 4.78 is 0. The van der Waals surface area contributed by atoms with Gasteiger partial charge in [0.1, 0.15) is 0 Å². The van der Waals surface area contributed by atoms with E-state index in [0.717, 1.165) is 23.9 Å². The number of nitrogens with two attached hydrogens (primary N) is 1. The number of nitrogens with zero attached hydrogens (tertiary/aromatic N) is 1. The molecular weight excluding hydrogens is 256 g/mol. The van der Waals surface area contributed by atoms with Crippen LogP contribution in [-0.2, 0) is 0 Å². The van der Waals surface area contributed by atoms with Crippen molar-refractivity contribution in [3.05, 3.63) is 0 Å². The summed E-state index contributed by atoms with van der Waals surface area (Å²) >= 11 is 0. The van der Waals surface area contributed by atoms with E-state index in [1.807, 2.05) is 0 Å². The van der Waals surface area contributed by atoms with Crippen molar-refractivity contribution in [3.8, 4) is 0 Å². The van der Waals surface area contributed by atoms with Crippen LogP contribution in [0.25, 0.3) is 0 Å². The highest BCUT2D eigenvalue weighted by atomic mass is 15.2. The minimum absolute atomic E-state index is 0.476. The van der Waals surface area contributed by atoms with Crippen LogP contribution in [0.2, 0.25) is 0 Å². The molecule has 21 heavy (non-hydrogen) atoms. The highest BCUT2D eigenvalue weighted by Gasteiger charge is 2.30. The van der Waals surface area contributed by atoms with E-state index in [2.05, 4.69) is 25.7 Å². The Morgan fingerprint density at radius 2 is 1.52 bits per heavy atom. The minimum Gasteiger partial charge on any atom is -0.328 e. The van der Waals surface area contributed by atoms with Crippen LogP contribution in [0.1, 0.15) is 85.0 Å². The number of rotatable bonds is 5. The predicted molar refractivity (Wildman–Crippen MR) is 92.4 cm³/mol. The molecule has 2 nitrogen and oxygen atoms in total. The van der Waals surface area contributed by atoms with Gasteiger partial charge in [0.15, 0.2) is 0 Å².